The molecule has 0 spiro atoms. The van der Waals surface area contributed by atoms with Gasteiger partial charge in [-0.05, 0) is 25.1 Å². The van der Waals surface area contributed by atoms with E-state index in [0.717, 1.165) is 16.7 Å². The normalized spacial score (nSPS) is 9.78. The van der Waals surface area contributed by atoms with Gasteiger partial charge < -0.3 is 9.47 Å². The summed E-state index contributed by atoms with van der Waals surface area (Å²) in [6, 6.07) is 8.18. The van der Waals surface area contributed by atoms with Crippen molar-refractivity contribution in [1.29, 1.82) is 0 Å². The highest BCUT2D eigenvalue weighted by atomic mass is 16.5. The van der Waals surface area contributed by atoms with Gasteiger partial charge in [-0.2, -0.15) is 0 Å². The number of rotatable bonds is 4. The van der Waals surface area contributed by atoms with Crippen LogP contribution in [-0.4, -0.2) is 25.3 Å². The predicted molar refractivity (Wildman–Crippen MR) is 75.2 cm³/mol. The van der Waals surface area contributed by atoms with Crippen molar-refractivity contribution in [1.82, 2.24) is 4.98 Å². The van der Waals surface area contributed by atoms with Gasteiger partial charge >= 0.3 is 0 Å². The third kappa shape index (κ3) is 4.00. The third-order valence-electron chi connectivity index (χ3n) is 2.37. The average molecular weight is 247 g/mol. The molecule has 3 heteroatoms. The first-order valence-corrected chi connectivity index (χ1v) is 6.28. The molecule has 0 aliphatic heterocycles. The minimum absolute atomic E-state index is 0.551. The number of methoxy groups -OCH3 is 1. The Labute approximate surface area is 109 Å². The number of hydrogen-bond donors (Lipinski definition) is 0. The van der Waals surface area contributed by atoms with Crippen molar-refractivity contribution in [2.45, 2.75) is 20.8 Å². The van der Waals surface area contributed by atoms with Crippen molar-refractivity contribution in [3.05, 3.63) is 36.0 Å². The van der Waals surface area contributed by atoms with E-state index in [1.165, 1.54) is 5.56 Å². The Kier molecular flexibility index (Phi) is 6.15. The number of nitrogens with zero attached hydrogens (tertiary/aromatic N) is 1. The lowest BCUT2D eigenvalue weighted by Crippen LogP contribution is -2.04. The zero-order valence-electron chi connectivity index (χ0n) is 11.6. The first-order chi connectivity index (χ1) is 8.79. The van der Waals surface area contributed by atoms with Crippen LogP contribution in [0.15, 0.2) is 30.5 Å². The number of benzene rings is 1. The Balaban J connectivity index is 0.000000771. The standard InChI is InChI=1S/C13H15NO2.C2H6/c1-10-3-4-13-11(7-10)8-12(9-14-13)16-6-5-15-2;1-2/h3-4,7-9H,5-6H2,1-2H3;1-2H3. The molecular weight excluding hydrogens is 226 g/mol. The molecule has 0 saturated heterocycles. The van der Waals surface area contributed by atoms with E-state index < -0.39 is 0 Å². The Morgan fingerprint density at radius 2 is 1.89 bits per heavy atom. The van der Waals surface area contributed by atoms with Gasteiger partial charge in [0.15, 0.2) is 0 Å². The Hall–Kier alpha value is -1.61. The fraction of sp³-hybridized carbons (Fsp3) is 0.400. The van der Waals surface area contributed by atoms with Gasteiger partial charge in [0.05, 0.1) is 18.3 Å². The van der Waals surface area contributed by atoms with E-state index in [2.05, 4.69) is 24.0 Å². The van der Waals surface area contributed by atoms with Gasteiger partial charge in [0, 0.05) is 12.5 Å². The predicted octanol–water partition coefficient (Wildman–Crippen LogP) is 3.59. The Morgan fingerprint density at radius 3 is 2.61 bits per heavy atom. The zero-order valence-corrected chi connectivity index (χ0v) is 11.6. The van der Waals surface area contributed by atoms with E-state index in [0.29, 0.717) is 13.2 Å². The first-order valence-electron chi connectivity index (χ1n) is 6.28. The summed E-state index contributed by atoms with van der Waals surface area (Å²) in [6.07, 6.45) is 1.74. The molecule has 0 saturated carbocycles. The van der Waals surface area contributed by atoms with Crippen molar-refractivity contribution in [3.63, 3.8) is 0 Å². The fourth-order valence-corrected chi connectivity index (χ4v) is 1.55. The minimum atomic E-state index is 0.551. The summed E-state index contributed by atoms with van der Waals surface area (Å²) in [6.45, 7) is 7.21. The van der Waals surface area contributed by atoms with Gasteiger partial charge in [-0.15, -0.1) is 0 Å². The summed E-state index contributed by atoms with van der Waals surface area (Å²) in [5.41, 5.74) is 2.22. The van der Waals surface area contributed by atoms with Gasteiger partial charge in [0.1, 0.15) is 12.4 Å². The van der Waals surface area contributed by atoms with Crippen LogP contribution in [0.3, 0.4) is 0 Å². The van der Waals surface area contributed by atoms with E-state index >= 15 is 0 Å². The van der Waals surface area contributed by atoms with Crippen LogP contribution in [0.5, 0.6) is 5.75 Å². The van der Waals surface area contributed by atoms with E-state index in [-0.39, 0.29) is 0 Å². The van der Waals surface area contributed by atoms with Crippen molar-refractivity contribution in [3.8, 4) is 5.75 Å². The smallest absolute Gasteiger partial charge is 0.138 e. The molecule has 0 amide bonds. The van der Waals surface area contributed by atoms with Crippen LogP contribution in [-0.2, 0) is 4.74 Å². The van der Waals surface area contributed by atoms with Gasteiger partial charge in [-0.25, -0.2) is 0 Å². The number of ether oxygens (including phenoxy) is 2. The molecule has 98 valence electrons. The molecule has 18 heavy (non-hydrogen) atoms. The molecule has 1 heterocycles. The van der Waals surface area contributed by atoms with Crippen molar-refractivity contribution >= 4 is 10.9 Å². The Bertz CT molecular complexity index is 483. The largest absolute Gasteiger partial charge is 0.490 e. The van der Waals surface area contributed by atoms with E-state index in [4.69, 9.17) is 9.47 Å². The zero-order chi connectivity index (χ0) is 13.4. The highest BCUT2D eigenvalue weighted by molar-refractivity contribution is 5.80. The van der Waals surface area contributed by atoms with Crippen LogP contribution in [0, 0.1) is 6.92 Å². The lowest BCUT2D eigenvalue weighted by molar-refractivity contribution is 0.146. The van der Waals surface area contributed by atoms with Gasteiger partial charge in [0.2, 0.25) is 0 Å². The number of fused-ring (bicyclic) bond motifs is 1. The van der Waals surface area contributed by atoms with Crippen molar-refractivity contribution < 1.29 is 9.47 Å². The summed E-state index contributed by atoms with van der Waals surface area (Å²) >= 11 is 0. The summed E-state index contributed by atoms with van der Waals surface area (Å²) in [5, 5.41) is 1.11. The highest BCUT2D eigenvalue weighted by Crippen LogP contribution is 2.19. The number of hydrogen-bond acceptors (Lipinski definition) is 3. The van der Waals surface area contributed by atoms with Crippen molar-refractivity contribution in [2.24, 2.45) is 0 Å². The topological polar surface area (TPSA) is 31.4 Å². The second-order valence-corrected chi connectivity index (χ2v) is 3.71. The molecule has 0 aliphatic carbocycles. The summed E-state index contributed by atoms with van der Waals surface area (Å²) in [7, 11) is 1.66. The molecule has 0 radical (unpaired) electrons. The van der Waals surface area contributed by atoms with Crippen LogP contribution in [0.25, 0.3) is 10.9 Å². The van der Waals surface area contributed by atoms with Crippen LogP contribution in [0.4, 0.5) is 0 Å². The molecule has 1 aromatic carbocycles. The number of pyridine rings is 1. The molecule has 0 unspecified atom stereocenters. The van der Waals surface area contributed by atoms with Crippen LogP contribution >= 0.6 is 0 Å². The number of aryl methyl sites for hydroxylation is 1. The maximum Gasteiger partial charge on any atom is 0.138 e. The van der Waals surface area contributed by atoms with Crippen LogP contribution < -0.4 is 4.74 Å². The second kappa shape index (κ2) is 7.67. The van der Waals surface area contributed by atoms with Gasteiger partial charge in [0.25, 0.3) is 0 Å². The first kappa shape index (κ1) is 14.5. The average Bonchev–Trinajstić information content (AvgIpc) is 2.41. The molecule has 0 atom stereocenters. The fourth-order valence-electron chi connectivity index (χ4n) is 1.55. The van der Waals surface area contributed by atoms with Gasteiger partial charge in [-0.3, -0.25) is 4.98 Å². The summed E-state index contributed by atoms with van der Waals surface area (Å²) in [5.74, 6) is 0.787. The van der Waals surface area contributed by atoms with Crippen LogP contribution in [0.2, 0.25) is 0 Å². The second-order valence-electron chi connectivity index (χ2n) is 3.71. The highest BCUT2D eigenvalue weighted by Gasteiger charge is 1.99. The molecule has 3 nitrogen and oxygen atoms in total. The molecule has 0 aliphatic rings. The summed E-state index contributed by atoms with van der Waals surface area (Å²) < 4.78 is 10.4. The molecular formula is C15H21NO2. The molecule has 0 fully saturated rings. The molecule has 0 N–H and O–H groups in total. The lowest BCUT2D eigenvalue weighted by atomic mass is 10.1. The monoisotopic (exact) mass is 247 g/mol. The molecule has 2 aromatic rings. The van der Waals surface area contributed by atoms with Crippen molar-refractivity contribution in [2.75, 3.05) is 20.3 Å². The van der Waals surface area contributed by atoms with E-state index in [9.17, 15) is 0 Å². The number of aromatic nitrogens is 1. The maximum absolute atomic E-state index is 5.51. The molecule has 0 bridgehead atoms. The lowest BCUT2D eigenvalue weighted by Gasteiger charge is -2.06. The maximum atomic E-state index is 5.51. The van der Waals surface area contributed by atoms with E-state index in [1.54, 1.807) is 13.3 Å². The molecule has 1 aromatic heterocycles. The summed E-state index contributed by atoms with van der Waals surface area (Å²) in [4.78, 5) is 4.34. The third-order valence-corrected chi connectivity index (χ3v) is 2.37. The molecule has 2 rings (SSSR count). The van der Waals surface area contributed by atoms with Gasteiger partial charge in [-0.1, -0.05) is 25.5 Å². The SMILES string of the molecule is CC.COCCOc1cnc2ccc(C)cc2c1. The quantitative estimate of drug-likeness (QED) is 0.774. The van der Waals surface area contributed by atoms with Crippen LogP contribution in [0.1, 0.15) is 19.4 Å². The Morgan fingerprint density at radius 1 is 1.11 bits per heavy atom. The van der Waals surface area contributed by atoms with E-state index in [1.807, 2.05) is 26.0 Å². The minimum Gasteiger partial charge on any atom is -0.490 e.